The Bertz CT molecular complexity index is 505. The summed E-state index contributed by atoms with van der Waals surface area (Å²) >= 11 is 0. The van der Waals surface area contributed by atoms with Crippen LogP contribution in [0.25, 0.3) is 0 Å². The first-order valence-corrected chi connectivity index (χ1v) is 9.51. The van der Waals surface area contributed by atoms with E-state index in [4.69, 9.17) is 9.47 Å². The van der Waals surface area contributed by atoms with E-state index in [0.717, 1.165) is 25.9 Å². The highest BCUT2D eigenvalue weighted by Gasteiger charge is 2.29. The molecule has 1 heterocycles. The summed E-state index contributed by atoms with van der Waals surface area (Å²) in [6.45, 7) is 7.29. The largest absolute Gasteiger partial charge is 0.466 e. The summed E-state index contributed by atoms with van der Waals surface area (Å²) in [7, 11) is 0. The van der Waals surface area contributed by atoms with Crippen LogP contribution >= 0.6 is 0 Å². The van der Waals surface area contributed by atoms with Gasteiger partial charge in [0.05, 0.1) is 12.5 Å². The average Bonchev–Trinajstić information content (AvgIpc) is 2.67. The molecule has 0 saturated carbocycles. The number of ether oxygens (including phenoxy) is 2. The summed E-state index contributed by atoms with van der Waals surface area (Å²) in [5.41, 5.74) is 0.0893. The number of esters is 1. The van der Waals surface area contributed by atoms with Gasteiger partial charge in [0.25, 0.3) is 5.91 Å². The molecule has 146 valence electrons. The molecule has 0 aromatic heterocycles. The monoisotopic (exact) mass is 365 g/mol. The number of nitriles is 1. The summed E-state index contributed by atoms with van der Waals surface area (Å²) in [4.78, 5) is 25.8. The lowest BCUT2D eigenvalue weighted by molar-refractivity contribution is -0.150. The van der Waals surface area contributed by atoms with Crippen molar-refractivity contribution in [3.05, 3.63) is 11.8 Å². The number of carbonyl (C=O) groups is 2. The van der Waals surface area contributed by atoms with Crippen molar-refractivity contribution < 1.29 is 19.1 Å². The minimum Gasteiger partial charge on any atom is -0.466 e. The lowest BCUT2D eigenvalue weighted by Gasteiger charge is -2.30. The molecule has 7 heteroatoms. The number of carbonyl (C=O) groups excluding carboxylic acids is 2. The fourth-order valence-electron chi connectivity index (χ4n) is 2.69. The standard InChI is InChI=1S/C19H31N3O4/c1-3-5-12-25-13-6-9-21-15-17(14-20)18(23)22-10-7-16(8-11-22)19(24)26-4-2/h15-16,21H,3-13H2,1-2H3/b17-15-. The molecule has 1 rings (SSSR count). The third kappa shape index (κ3) is 7.87. The zero-order chi connectivity index (χ0) is 19.2. The van der Waals surface area contributed by atoms with Gasteiger partial charge in [-0.05, 0) is 32.6 Å². The van der Waals surface area contributed by atoms with Crippen LogP contribution in [0.3, 0.4) is 0 Å². The number of hydrogen-bond donors (Lipinski definition) is 1. The molecule has 26 heavy (non-hydrogen) atoms. The highest BCUT2D eigenvalue weighted by molar-refractivity contribution is 5.97. The first-order chi connectivity index (χ1) is 12.6. The number of likely N-dealkylation sites (tertiary alicyclic amines) is 1. The van der Waals surface area contributed by atoms with Crippen LogP contribution in [-0.4, -0.2) is 56.2 Å². The molecule has 7 nitrogen and oxygen atoms in total. The third-order valence-electron chi connectivity index (χ3n) is 4.25. The van der Waals surface area contributed by atoms with E-state index in [1.165, 1.54) is 6.20 Å². The lowest BCUT2D eigenvalue weighted by Crippen LogP contribution is -2.41. The fraction of sp³-hybridized carbons (Fsp3) is 0.737. The summed E-state index contributed by atoms with van der Waals surface area (Å²) < 4.78 is 10.5. The molecule has 1 aliphatic heterocycles. The summed E-state index contributed by atoms with van der Waals surface area (Å²) in [6, 6.07) is 1.96. The predicted octanol–water partition coefficient (Wildman–Crippen LogP) is 1.99. The Morgan fingerprint density at radius 3 is 2.54 bits per heavy atom. The van der Waals surface area contributed by atoms with Crippen LogP contribution in [0, 0.1) is 17.2 Å². The minimum atomic E-state index is -0.290. The maximum atomic E-state index is 12.4. The van der Waals surface area contributed by atoms with Gasteiger partial charge < -0.3 is 19.7 Å². The summed E-state index contributed by atoms with van der Waals surface area (Å²) in [5, 5.41) is 12.2. The van der Waals surface area contributed by atoms with E-state index >= 15 is 0 Å². The summed E-state index contributed by atoms with van der Waals surface area (Å²) in [5.74, 6) is -0.640. The third-order valence-corrected chi connectivity index (χ3v) is 4.25. The normalized spacial score (nSPS) is 15.4. The van der Waals surface area contributed by atoms with Gasteiger partial charge in [0.1, 0.15) is 11.6 Å². The second kappa shape index (κ2) is 13.2. The van der Waals surface area contributed by atoms with Crippen molar-refractivity contribution in [3.8, 4) is 6.07 Å². The minimum absolute atomic E-state index is 0.0893. The molecule has 1 saturated heterocycles. The molecule has 0 aromatic rings. The van der Waals surface area contributed by atoms with Crippen LogP contribution in [0.5, 0.6) is 0 Å². The number of rotatable bonds is 11. The average molecular weight is 365 g/mol. The van der Waals surface area contributed by atoms with E-state index in [0.29, 0.717) is 45.7 Å². The fourth-order valence-corrected chi connectivity index (χ4v) is 2.69. The van der Waals surface area contributed by atoms with Gasteiger partial charge in [-0.15, -0.1) is 0 Å². The van der Waals surface area contributed by atoms with E-state index in [1.807, 2.05) is 6.07 Å². The van der Waals surface area contributed by atoms with Gasteiger partial charge in [-0.2, -0.15) is 5.26 Å². The molecule has 0 atom stereocenters. The number of nitrogens with zero attached hydrogens (tertiary/aromatic N) is 2. The van der Waals surface area contributed by atoms with Gasteiger partial charge >= 0.3 is 5.97 Å². The predicted molar refractivity (Wildman–Crippen MR) is 98.0 cm³/mol. The van der Waals surface area contributed by atoms with Crippen molar-refractivity contribution in [3.63, 3.8) is 0 Å². The van der Waals surface area contributed by atoms with Gasteiger partial charge in [0.15, 0.2) is 0 Å². The Hall–Kier alpha value is -2.07. The van der Waals surface area contributed by atoms with Gasteiger partial charge in [-0.1, -0.05) is 13.3 Å². The molecule has 1 aliphatic rings. The van der Waals surface area contributed by atoms with Crippen LogP contribution in [0.1, 0.15) is 46.0 Å². The SMILES string of the molecule is CCCCOCCCN/C=C(/C#N)C(=O)N1CCC(C(=O)OCC)CC1. The van der Waals surface area contributed by atoms with Gasteiger partial charge in [-0.25, -0.2) is 0 Å². The Morgan fingerprint density at radius 1 is 1.23 bits per heavy atom. The molecule has 1 N–H and O–H groups in total. The van der Waals surface area contributed by atoms with Crippen molar-refractivity contribution in [2.45, 2.75) is 46.0 Å². The van der Waals surface area contributed by atoms with Crippen molar-refractivity contribution >= 4 is 11.9 Å². The van der Waals surface area contributed by atoms with E-state index in [9.17, 15) is 14.9 Å². The van der Waals surface area contributed by atoms with Gasteiger partial charge in [0.2, 0.25) is 0 Å². The molecule has 1 amide bonds. The molecule has 0 spiro atoms. The van der Waals surface area contributed by atoms with E-state index in [2.05, 4.69) is 12.2 Å². The van der Waals surface area contributed by atoms with E-state index < -0.39 is 0 Å². The Kier molecular flexibility index (Phi) is 11.1. The van der Waals surface area contributed by atoms with Crippen LogP contribution in [0.4, 0.5) is 0 Å². The smallest absolute Gasteiger partial charge is 0.309 e. The first kappa shape index (κ1) is 22.0. The highest BCUT2D eigenvalue weighted by atomic mass is 16.5. The number of amides is 1. The Morgan fingerprint density at radius 2 is 1.92 bits per heavy atom. The molecule has 0 bridgehead atoms. The number of hydrogen-bond acceptors (Lipinski definition) is 6. The maximum absolute atomic E-state index is 12.4. The molecule has 1 fully saturated rings. The van der Waals surface area contributed by atoms with Crippen molar-refractivity contribution in [1.29, 1.82) is 5.26 Å². The van der Waals surface area contributed by atoms with Crippen LogP contribution < -0.4 is 5.32 Å². The number of unbranched alkanes of at least 4 members (excludes halogenated alkanes) is 1. The van der Waals surface area contributed by atoms with E-state index in [1.54, 1.807) is 11.8 Å². The zero-order valence-corrected chi connectivity index (χ0v) is 16.0. The van der Waals surface area contributed by atoms with Crippen LogP contribution in [0.2, 0.25) is 0 Å². The topological polar surface area (TPSA) is 91.7 Å². The molecular weight excluding hydrogens is 334 g/mol. The number of nitrogens with one attached hydrogen (secondary N) is 1. The maximum Gasteiger partial charge on any atom is 0.309 e. The van der Waals surface area contributed by atoms with Crippen molar-refractivity contribution in [1.82, 2.24) is 10.2 Å². The van der Waals surface area contributed by atoms with E-state index in [-0.39, 0.29) is 23.4 Å². The molecule has 0 aromatic carbocycles. The highest BCUT2D eigenvalue weighted by Crippen LogP contribution is 2.19. The first-order valence-electron chi connectivity index (χ1n) is 9.51. The zero-order valence-electron chi connectivity index (χ0n) is 16.0. The van der Waals surface area contributed by atoms with Crippen molar-refractivity contribution in [2.75, 3.05) is 39.5 Å². The van der Waals surface area contributed by atoms with Crippen LogP contribution in [0.15, 0.2) is 11.8 Å². The van der Waals surface area contributed by atoms with Crippen molar-refractivity contribution in [2.24, 2.45) is 5.92 Å². The molecule has 0 radical (unpaired) electrons. The van der Waals surface area contributed by atoms with Crippen LogP contribution in [-0.2, 0) is 19.1 Å². The second-order valence-corrected chi connectivity index (χ2v) is 6.26. The second-order valence-electron chi connectivity index (χ2n) is 6.26. The summed E-state index contributed by atoms with van der Waals surface area (Å²) in [6.07, 6.45) is 5.63. The molecule has 0 aliphatic carbocycles. The Labute approximate surface area is 156 Å². The lowest BCUT2D eigenvalue weighted by atomic mass is 9.96. The Balaban J connectivity index is 2.33. The molecular formula is C19H31N3O4. The number of piperidine rings is 1. The van der Waals surface area contributed by atoms with Gasteiger partial charge in [-0.3, -0.25) is 9.59 Å². The quantitative estimate of drug-likeness (QED) is 0.261. The van der Waals surface area contributed by atoms with Gasteiger partial charge in [0, 0.05) is 39.0 Å². The molecule has 0 unspecified atom stereocenters.